The molecular weight excluding hydrogens is 1560 g/mol. The molecule has 7 aliphatic rings. The molecule has 0 aromatic carbocycles. The van der Waals surface area contributed by atoms with Gasteiger partial charge in [-0.05, 0) is 101 Å². The van der Waals surface area contributed by atoms with Gasteiger partial charge in [0, 0.05) is 6.42 Å². The highest BCUT2D eigenvalue weighted by molar-refractivity contribution is 5.73. The Morgan fingerprint density at radius 3 is 1.15 bits per heavy atom. The van der Waals surface area contributed by atoms with Gasteiger partial charge in [-0.15, -0.1) is 0 Å². The van der Waals surface area contributed by atoms with E-state index in [1.54, 1.807) is 0 Å². The van der Waals surface area contributed by atoms with E-state index >= 15 is 4.79 Å². The van der Waals surface area contributed by atoms with Crippen LogP contribution in [0, 0.1) is 11.8 Å². The second-order valence-electron chi connectivity index (χ2n) is 32.2. The maximum atomic E-state index is 15.0. The molecule has 0 aromatic heterocycles. The van der Waals surface area contributed by atoms with Gasteiger partial charge < -0.3 is 177 Å². The first-order valence-electron chi connectivity index (χ1n) is 41.3. The molecule has 40 nitrogen and oxygen atoms in total. The van der Waals surface area contributed by atoms with Gasteiger partial charge in [0.15, 0.2) is 62.3 Å². The van der Waals surface area contributed by atoms with E-state index in [9.17, 15) is 106 Å². The van der Waals surface area contributed by atoms with E-state index in [0.29, 0.717) is 64.2 Å². The maximum Gasteiger partial charge on any atom is 0.311 e. The molecule has 0 amide bonds. The van der Waals surface area contributed by atoms with Gasteiger partial charge in [0.05, 0.1) is 99.6 Å². The number of aliphatic hydroxyl groups is 18. The van der Waals surface area contributed by atoms with Crippen molar-refractivity contribution in [3.05, 3.63) is 0 Å². The number of aliphatic hydroxyl groups excluding tert-OH is 18. The average Bonchev–Trinajstić information content (AvgIpc) is 0.758. The lowest BCUT2D eigenvalue weighted by molar-refractivity contribution is -0.414. The number of methoxy groups -OCH3 is 1. The van der Waals surface area contributed by atoms with Crippen LogP contribution in [0.2, 0.25) is 0 Å². The van der Waals surface area contributed by atoms with E-state index < -0.39 is 301 Å². The highest BCUT2D eigenvalue weighted by atomic mass is 16.8. The van der Waals surface area contributed by atoms with Gasteiger partial charge in [-0.25, -0.2) is 0 Å². The Morgan fingerprint density at radius 2 is 0.684 bits per heavy atom. The van der Waals surface area contributed by atoms with Crippen LogP contribution in [-0.4, -0.2) is 382 Å². The summed E-state index contributed by atoms with van der Waals surface area (Å²) < 4.78 is 111. The summed E-state index contributed by atoms with van der Waals surface area (Å²) in [5, 5.41) is 202. The predicted molar refractivity (Wildman–Crippen MR) is 395 cm³/mol. The summed E-state index contributed by atoms with van der Waals surface area (Å²) in [4.78, 5) is 53.0. The Bertz CT molecular complexity index is 2910. The molecule has 117 heavy (non-hydrogen) atoms. The summed E-state index contributed by atoms with van der Waals surface area (Å²) in [7, 11) is 1.24. The number of unbranched alkanes of at least 4 members (excludes halogenated alkanes) is 6. The molecule has 682 valence electrons. The highest BCUT2D eigenvalue weighted by Gasteiger charge is 2.60. The Morgan fingerprint density at radius 1 is 0.333 bits per heavy atom. The third kappa shape index (κ3) is 26.8. The number of hydrogen-bond acceptors (Lipinski definition) is 40. The molecular formula is C77H134O40. The first kappa shape index (κ1) is 101. The minimum Gasteiger partial charge on any atom is -0.469 e. The lowest BCUT2D eigenvalue weighted by Crippen LogP contribution is -2.69. The molecule has 0 aromatic rings. The fourth-order valence-electron chi connectivity index (χ4n) is 15.0. The number of ether oxygens (including phenoxy) is 18. The summed E-state index contributed by atoms with van der Waals surface area (Å²) in [6.45, 7) is 14.0. The first-order valence-corrected chi connectivity index (χ1v) is 41.3. The Labute approximate surface area is 680 Å². The van der Waals surface area contributed by atoms with Crippen molar-refractivity contribution >= 4 is 23.9 Å². The summed E-state index contributed by atoms with van der Waals surface area (Å²) in [5.41, 5.74) is 0. The van der Waals surface area contributed by atoms with E-state index in [1.165, 1.54) is 69.4 Å². The van der Waals surface area contributed by atoms with Crippen LogP contribution in [0.4, 0.5) is 0 Å². The first-order chi connectivity index (χ1) is 55.3. The Kier molecular flexibility index (Phi) is 41.0. The molecule has 7 fully saturated rings. The number of rotatable bonds is 43. The standard InChI is InChI=1S/C77H134O40/c1-13-23-42(106-71-58(95)52(89)48(85)36(7)101-71)27-21-18-22-28-46(83)110-68-67(117-76-65(54(91)50(87)45(31-79)109-76)114-73-60(97)57(94)62(39(10)104-73)112-70(99)33(4)35(6)81)63(113-72-59(96)56(93)61(38(9)103-72)111-69(98)32(3)34(5)80)40(11)105-77(68)116-66-55(92)51(88)44(30-78)108-75(66)115-64-53(90)49(86)37(8)102-74(64)107-43(24-14-2)26-20-17-15-16-19-25-41(82)29-47(84)100-12/h32-45,48-68,71-82,85-97H,13-31H2,1-12H3/t32-,33-,34-,35-,36-,37-,38-,39-,40+,41+,42+,43+,44-,45-,48-,49+,50-,51-,52+,53+,54+,55+,56-,57-,58-,59-,60-,61-,62-,63+,64-,65-,66-,67-,68-,71+,72+,73+,74+,75+,76+,77+/m1/s1. The molecule has 7 heterocycles. The lowest BCUT2D eigenvalue weighted by Gasteiger charge is -2.52. The summed E-state index contributed by atoms with van der Waals surface area (Å²) in [6, 6.07) is 0. The maximum absolute atomic E-state index is 15.0. The van der Waals surface area contributed by atoms with Crippen LogP contribution < -0.4 is 0 Å². The zero-order valence-electron chi connectivity index (χ0n) is 68.7. The van der Waals surface area contributed by atoms with Crippen LogP contribution in [0.5, 0.6) is 0 Å². The van der Waals surface area contributed by atoms with E-state index in [-0.39, 0.29) is 19.3 Å². The van der Waals surface area contributed by atoms with E-state index in [4.69, 9.17) is 80.5 Å². The molecule has 7 saturated heterocycles. The fraction of sp³-hybridized carbons (Fsp3) is 0.948. The Balaban J connectivity index is 1.28. The summed E-state index contributed by atoms with van der Waals surface area (Å²) in [5.74, 6) is -5.84. The van der Waals surface area contributed by atoms with Gasteiger partial charge in [-0.2, -0.15) is 0 Å². The Hall–Kier alpha value is -3.40. The largest absolute Gasteiger partial charge is 0.469 e. The van der Waals surface area contributed by atoms with Crippen molar-refractivity contribution in [1.29, 1.82) is 0 Å². The van der Waals surface area contributed by atoms with E-state index in [2.05, 4.69) is 4.74 Å². The van der Waals surface area contributed by atoms with Crippen LogP contribution in [0.15, 0.2) is 0 Å². The van der Waals surface area contributed by atoms with Gasteiger partial charge >= 0.3 is 23.9 Å². The monoisotopic (exact) mass is 1700 g/mol. The predicted octanol–water partition coefficient (Wildman–Crippen LogP) is -3.49. The quantitative estimate of drug-likeness (QED) is 0.0160. The van der Waals surface area contributed by atoms with Gasteiger partial charge in [0.2, 0.25) is 0 Å². The number of hydrogen-bond donors (Lipinski definition) is 18. The molecule has 0 bridgehead atoms. The van der Waals surface area contributed by atoms with Crippen LogP contribution in [0.1, 0.15) is 185 Å². The van der Waals surface area contributed by atoms with E-state index in [1.807, 2.05) is 13.8 Å². The average molecular weight is 1700 g/mol. The second kappa shape index (κ2) is 47.6. The second-order valence-corrected chi connectivity index (χ2v) is 32.2. The lowest BCUT2D eigenvalue weighted by atomic mass is 9.95. The number of esters is 4. The van der Waals surface area contributed by atoms with Crippen LogP contribution in [-0.2, 0) is 104 Å². The number of carbonyl (C=O) groups is 4. The van der Waals surface area contributed by atoms with Crippen molar-refractivity contribution in [3.8, 4) is 0 Å². The van der Waals surface area contributed by atoms with Gasteiger partial charge in [0.25, 0.3) is 0 Å². The molecule has 42 atom stereocenters. The molecule has 0 radical (unpaired) electrons. The van der Waals surface area contributed by atoms with Gasteiger partial charge in [-0.1, -0.05) is 71.6 Å². The van der Waals surface area contributed by atoms with Crippen LogP contribution >= 0.6 is 0 Å². The molecule has 40 heteroatoms. The minimum atomic E-state index is -2.25. The molecule has 0 spiro atoms. The number of carbonyl (C=O) groups excluding carboxylic acids is 4. The highest BCUT2D eigenvalue weighted by Crippen LogP contribution is 2.41. The van der Waals surface area contributed by atoms with Crippen LogP contribution in [0.3, 0.4) is 0 Å². The van der Waals surface area contributed by atoms with Crippen molar-refractivity contribution < 1.29 is 196 Å². The van der Waals surface area contributed by atoms with Crippen molar-refractivity contribution in [2.24, 2.45) is 11.8 Å². The van der Waals surface area contributed by atoms with Crippen LogP contribution in [0.25, 0.3) is 0 Å². The normalized spacial score (nSPS) is 41.4. The molecule has 7 rings (SSSR count). The molecule has 0 aliphatic carbocycles. The van der Waals surface area contributed by atoms with Crippen molar-refractivity contribution in [2.45, 2.75) is 431 Å². The molecule has 7 aliphatic heterocycles. The van der Waals surface area contributed by atoms with Crippen molar-refractivity contribution in [3.63, 3.8) is 0 Å². The van der Waals surface area contributed by atoms with Gasteiger partial charge in [0.1, 0.15) is 122 Å². The van der Waals surface area contributed by atoms with Gasteiger partial charge in [-0.3, -0.25) is 19.2 Å². The summed E-state index contributed by atoms with van der Waals surface area (Å²) >= 11 is 0. The third-order valence-electron chi connectivity index (χ3n) is 22.9. The SMILES string of the molecule is CCC[C@@H](CCCCCC(=O)O[C@H]1[C@H](O[C@H]2[C@H](O[C@H]3[C@H](O[C@@H](CCC)CCCCCCC[C@H](O)CC(=O)OC)O[C@H](C)[C@H](O)[C@@H]3O)O[C@H](CO)[C@@H](O)[C@@H]2O)O[C@@H](C)[C@H](O[C@@H]2O[C@H](C)[C@@H](OC(=O)[C@H](C)[C@@H](C)O)[C@H](O)[C@H]2O)[C@H]1O[C@@H]1O[C@H](CO)[C@@H](O)[C@H](O)[C@H]1O[C@@H]1O[C@H](C)[C@@H](OC(=O)[C@H](C)[C@@H](C)O)[C@H](O)[C@H]1O)O[C@@H]1O[C@H](C)[C@@H](O)[C@H](O)[C@H]1O. The zero-order chi connectivity index (χ0) is 86.7. The molecule has 0 unspecified atom stereocenters. The zero-order valence-corrected chi connectivity index (χ0v) is 68.7. The smallest absolute Gasteiger partial charge is 0.311 e. The minimum absolute atomic E-state index is 0.0470. The van der Waals surface area contributed by atoms with Crippen molar-refractivity contribution in [2.75, 3.05) is 20.3 Å². The topological polar surface area (TPSA) is 599 Å². The van der Waals surface area contributed by atoms with E-state index in [0.717, 1.165) is 19.3 Å². The molecule has 0 saturated carbocycles. The fourth-order valence-corrected chi connectivity index (χ4v) is 15.0. The van der Waals surface area contributed by atoms with Crippen molar-refractivity contribution in [1.82, 2.24) is 0 Å². The summed E-state index contributed by atoms with van der Waals surface area (Å²) in [6.07, 6.45) is -61.5. The third-order valence-corrected chi connectivity index (χ3v) is 22.9. The molecule has 18 N–H and O–H groups in total.